The normalized spacial score (nSPS) is 27.9. The highest BCUT2D eigenvalue weighted by molar-refractivity contribution is 5.81. The van der Waals surface area contributed by atoms with E-state index in [4.69, 9.17) is 0 Å². The van der Waals surface area contributed by atoms with Crippen molar-refractivity contribution in [3.05, 3.63) is 0 Å². The molecule has 0 aromatic heterocycles. The third-order valence-corrected chi connectivity index (χ3v) is 4.69. The fraction of sp³-hybridized carbons (Fsp3) is 0.933. The number of amides is 1. The Morgan fingerprint density at radius 2 is 1.79 bits per heavy atom. The lowest BCUT2D eigenvalue weighted by molar-refractivity contribution is -0.137. The maximum atomic E-state index is 12.6. The summed E-state index contributed by atoms with van der Waals surface area (Å²) >= 11 is 0. The number of carbonyl (C=O) groups is 1. The molecule has 4 heteroatoms. The van der Waals surface area contributed by atoms with E-state index in [1.165, 1.54) is 32.1 Å². The summed E-state index contributed by atoms with van der Waals surface area (Å²) in [5.74, 6) is 0.335. The van der Waals surface area contributed by atoms with Crippen molar-refractivity contribution in [1.82, 2.24) is 15.1 Å². The summed E-state index contributed by atoms with van der Waals surface area (Å²) in [4.78, 5) is 17.1. The Bertz CT molecular complexity index is 287. The fourth-order valence-corrected chi connectivity index (χ4v) is 3.32. The Kier molecular flexibility index (Phi) is 5.64. The van der Waals surface area contributed by atoms with Crippen LogP contribution in [0.5, 0.6) is 0 Å². The van der Waals surface area contributed by atoms with Gasteiger partial charge >= 0.3 is 0 Å². The van der Waals surface area contributed by atoms with Crippen LogP contribution in [0, 0.1) is 0 Å². The van der Waals surface area contributed by atoms with Gasteiger partial charge in [0.1, 0.15) is 0 Å². The van der Waals surface area contributed by atoms with Crippen molar-refractivity contribution in [2.45, 2.75) is 57.5 Å². The highest BCUT2D eigenvalue weighted by atomic mass is 16.2. The van der Waals surface area contributed by atoms with Crippen LogP contribution in [0.3, 0.4) is 0 Å². The molecule has 2 unspecified atom stereocenters. The number of hydrogen-bond donors (Lipinski definition) is 1. The van der Waals surface area contributed by atoms with Gasteiger partial charge in [-0.3, -0.25) is 9.69 Å². The van der Waals surface area contributed by atoms with Crippen molar-refractivity contribution in [3.8, 4) is 0 Å². The lowest BCUT2D eigenvalue weighted by Crippen LogP contribution is -2.53. The van der Waals surface area contributed by atoms with E-state index >= 15 is 0 Å². The van der Waals surface area contributed by atoms with Gasteiger partial charge in [0.25, 0.3) is 0 Å². The summed E-state index contributed by atoms with van der Waals surface area (Å²) in [6, 6.07) is 0.544. The van der Waals surface area contributed by atoms with Crippen molar-refractivity contribution in [2.24, 2.45) is 0 Å². The van der Waals surface area contributed by atoms with Crippen molar-refractivity contribution in [2.75, 3.05) is 33.2 Å². The molecule has 0 aromatic carbocycles. The first-order valence-corrected chi connectivity index (χ1v) is 7.92. The molecule has 4 nitrogen and oxygen atoms in total. The van der Waals surface area contributed by atoms with E-state index in [-0.39, 0.29) is 6.04 Å². The van der Waals surface area contributed by atoms with E-state index < -0.39 is 0 Å². The molecule has 0 saturated carbocycles. The zero-order valence-electron chi connectivity index (χ0n) is 12.5. The van der Waals surface area contributed by atoms with Crippen LogP contribution in [-0.4, -0.2) is 61.0 Å². The van der Waals surface area contributed by atoms with Crippen LogP contribution in [-0.2, 0) is 4.79 Å². The maximum absolute atomic E-state index is 12.6. The SMILES string of the molecule is CNC1CCCN(C(=O)C(C)N2CCCCCC2)C1. The van der Waals surface area contributed by atoms with E-state index in [2.05, 4.69) is 22.0 Å². The minimum absolute atomic E-state index is 0.0636. The van der Waals surface area contributed by atoms with Gasteiger partial charge in [0.15, 0.2) is 0 Å². The molecule has 0 radical (unpaired) electrons. The molecule has 2 rings (SSSR count). The summed E-state index contributed by atoms with van der Waals surface area (Å²) in [6.45, 7) is 6.10. The highest BCUT2D eigenvalue weighted by Gasteiger charge is 2.29. The van der Waals surface area contributed by atoms with Gasteiger partial charge < -0.3 is 10.2 Å². The van der Waals surface area contributed by atoms with Crippen LogP contribution in [0.1, 0.15) is 45.4 Å². The maximum Gasteiger partial charge on any atom is 0.239 e. The quantitative estimate of drug-likeness (QED) is 0.841. The van der Waals surface area contributed by atoms with Crippen LogP contribution in [0.25, 0.3) is 0 Å². The number of piperidine rings is 1. The minimum Gasteiger partial charge on any atom is -0.340 e. The van der Waals surface area contributed by atoms with Crippen LogP contribution in [0.2, 0.25) is 0 Å². The molecule has 19 heavy (non-hydrogen) atoms. The third kappa shape index (κ3) is 3.93. The van der Waals surface area contributed by atoms with Gasteiger partial charge in [-0.05, 0) is 52.7 Å². The Labute approximate surface area is 117 Å². The predicted octanol–water partition coefficient (Wildman–Crippen LogP) is 1.46. The second-order valence-corrected chi connectivity index (χ2v) is 6.04. The fourth-order valence-electron chi connectivity index (χ4n) is 3.32. The molecule has 2 saturated heterocycles. The van der Waals surface area contributed by atoms with Crippen LogP contribution >= 0.6 is 0 Å². The molecule has 2 fully saturated rings. The van der Waals surface area contributed by atoms with E-state index in [0.717, 1.165) is 32.6 Å². The van der Waals surface area contributed by atoms with Crippen molar-refractivity contribution in [1.29, 1.82) is 0 Å². The van der Waals surface area contributed by atoms with Gasteiger partial charge in [-0.15, -0.1) is 0 Å². The molecule has 0 aliphatic carbocycles. The first-order chi connectivity index (χ1) is 9.22. The van der Waals surface area contributed by atoms with E-state index in [1.807, 2.05) is 7.05 Å². The molecule has 2 aliphatic heterocycles. The van der Waals surface area contributed by atoms with Crippen LogP contribution in [0.4, 0.5) is 0 Å². The topological polar surface area (TPSA) is 35.6 Å². The molecule has 0 aromatic rings. The Balaban J connectivity index is 1.90. The Morgan fingerprint density at radius 1 is 1.11 bits per heavy atom. The highest BCUT2D eigenvalue weighted by Crippen LogP contribution is 2.16. The van der Waals surface area contributed by atoms with Gasteiger partial charge in [-0.2, -0.15) is 0 Å². The van der Waals surface area contributed by atoms with E-state index in [9.17, 15) is 4.79 Å². The molecule has 2 aliphatic rings. The molecule has 1 amide bonds. The predicted molar refractivity (Wildman–Crippen MR) is 78.2 cm³/mol. The lowest BCUT2D eigenvalue weighted by atomic mass is 10.0. The first kappa shape index (κ1) is 14.8. The third-order valence-electron chi connectivity index (χ3n) is 4.69. The number of rotatable bonds is 3. The molecule has 1 N–H and O–H groups in total. The summed E-state index contributed by atoms with van der Waals surface area (Å²) in [5, 5.41) is 3.31. The number of nitrogens with zero attached hydrogens (tertiary/aromatic N) is 2. The smallest absolute Gasteiger partial charge is 0.239 e. The summed E-state index contributed by atoms with van der Waals surface area (Å²) in [5.41, 5.74) is 0. The first-order valence-electron chi connectivity index (χ1n) is 7.92. The number of hydrogen-bond acceptors (Lipinski definition) is 3. The van der Waals surface area contributed by atoms with Crippen LogP contribution < -0.4 is 5.32 Å². The van der Waals surface area contributed by atoms with Crippen LogP contribution in [0.15, 0.2) is 0 Å². The van der Waals surface area contributed by atoms with Gasteiger partial charge in [0, 0.05) is 19.1 Å². The van der Waals surface area contributed by atoms with Crippen molar-refractivity contribution >= 4 is 5.91 Å². The average molecular weight is 267 g/mol. The Morgan fingerprint density at radius 3 is 2.42 bits per heavy atom. The molecule has 0 bridgehead atoms. The standard InChI is InChI=1S/C15H29N3O/c1-13(17-9-5-3-4-6-10-17)15(19)18-11-7-8-14(12-18)16-2/h13-14,16H,3-12H2,1-2H3. The number of likely N-dealkylation sites (N-methyl/N-ethyl adjacent to an activating group) is 1. The monoisotopic (exact) mass is 267 g/mol. The minimum atomic E-state index is 0.0636. The number of carbonyl (C=O) groups excluding carboxylic acids is 1. The van der Waals surface area contributed by atoms with E-state index in [1.54, 1.807) is 0 Å². The molecule has 110 valence electrons. The number of nitrogens with one attached hydrogen (secondary N) is 1. The second kappa shape index (κ2) is 7.25. The molecule has 2 heterocycles. The van der Waals surface area contributed by atoms with E-state index in [0.29, 0.717) is 11.9 Å². The zero-order chi connectivity index (χ0) is 13.7. The van der Waals surface area contributed by atoms with Gasteiger partial charge in [-0.1, -0.05) is 12.8 Å². The summed E-state index contributed by atoms with van der Waals surface area (Å²) in [6.07, 6.45) is 7.46. The van der Waals surface area contributed by atoms with Gasteiger partial charge in [0.05, 0.1) is 6.04 Å². The van der Waals surface area contributed by atoms with Gasteiger partial charge in [-0.25, -0.2) is 0 Å². The second-order valence-electron chi connectivity index (χ2n) is 6.04. The summed E-state index contributed by atoms with van der Waals surface area (Å²) < 4.78 is 0. The van der Waals surface area contributed by atoms with Crippen molar-refractivity contribution < 1.29 is 4.79 Å². The molecular weight excluding hydrogens is 238 g/mol. The molecule has 0 spiro atoms. The molecule has 2 atom stereocenters. The largest absolute Gasteiger partial charge is 0.340 e. The van der Waals surface area contributed by atoms with Crippen molar-refractivity contribution in [3.63, 3.8) is 0 Å². The Hall–Kier alpha value is -0.610. The summed E-state index contributed by atoms with van der Waals surface area (Å²) in [7, 11) is 2.00. The van der Waals surface area contributed by atoms with Gasteiger partial charge in [0.2, 0.25) is 5.91 Å². The molecular formula is C15H29N3O. The lowest BCUT2D eigenvalue weighted by Gasteiger charge is -2.37. The zero-order valence-corrected chi connectivity index (χ0v) is 12.5. The number of likely N-dealkylation sites (tertiary alicyclic amines) is 2. The average Bonchev–Trinajstić information content (AvgIpc) is 2.75.